The molecule has 0 amide bonds. The first-order valence-corrected chi connectivity index (χ1v) is 14.4. The van der Waals surface area contributed by atoms with E-state index in [2.05, 4.69) is 15.3 Å². The average molecular weight is 542 g/mol. The molecule has 0 spiro atoms. The van der Waals surface area contributed by atoms with Crippen molar-refractivity contribution in [3.63, 3.8) is 0 Å². The maximum absolute atomic E-state index is 13.5. The predicted octanol–water partition coefficient (Wildman–Crippen LogP) is 3.64. The first kappa shape index (κ1) is 27.7. The summed E-state index contributed by atoms with van der Waals surface area (Å²) in [5.41, 5.74) is 3.66. The predicted molar refractivity (Wildman–Crippen MR) is 141 cm³/mol. The fraction of sp³-hybridized carbons (Fsp3) is 0.481. The lowest BCUT2D eigenvalue weighted by molar-refractivity contribution is -0.143. The van der Waals surface area contributed by atoms with Crippen LogP contribution in [0.15, 0.2) is 47.8 Å². The number of sulfonamides is 1. The first-order valence-electron chi connectivity index (χ1n) is 13.0. The van der Waals surface area contributed by atoms with Gasteiger partial charge >= 0.3 is 5.97 Å². The van der Waals surface area contributed by atoms with E-state index in [-0.39, 0.29) is 42.4 Å². The number of carbonyl (C=O) groups is 1. The normalized spacial score (nSPS) is 17.7. The van der Waals surface area contributed by atoms with Crippen LogP contribution in [0.25, 0.3) is 0 Å². The number of rotatable bonds is 10. The van der Waals surface area contributed by atoms with Crippen LogP contribution < -0.4 is 4.74 Å². The smallest absolute Gasteiger partial charge is 0.306 e. The Labute approximate surface area is 224 Å². The number of aromatic nitrogens is 4. The van der Waals surface area contributed by atoms with E-state index in [0.29, 0.717) is 25.2 Å². The van der Waals surface area contributed by atoms with Crippen molar-refractivity contribution in [1.29, 1.82) is 0 Å². The maximum Gasteiger partial charge on any atom is 0.306 e. The van der Waals surface area contributed by atoms with Gasteiger partial charge in [-0.15, -0.1) is 5.10 Å². The minimum Gasteiger partial charge on any atom is -0.488 e. The van der Waals surface area contributed by atoms with Gasteiger partial charge < -0.3 is 9.47 Å². The van der Waals surface area contributed by atoms with E-state index in [1.54, 1.807) is 17.7 Å². The Morgan fingerprint density at radius 1 is 1.26 bits per heavy atom. The number of pyridine rings is 1. The second-order valence-electron chi connectivity index (χ2n) is 9.54. The Balaban J connectivity index is 1.61. The Bertz CT molecular complexity index is 1370. The van der Waals surface area contributed by atoms with Crippen molar-refractivity contribution in [1.82, 2.24) is 24.3 Å². The standard InChI is InChI=1S/C27H35N5O5S/c1-5-31-18-24(29-30-31)10-9-22(14-27(33)36-6-2)21-8-7-19(3)23(13-21)17-32-16-20(4)37-25-11-12-28-15-26(25)38(32,34)35/h7-8,11-13,15,18,20,22H,5-6,9-10,14,16-17H2,1-4H3/t20-,22?/m1/s1. The zero-order valence-corrected chi connectivity index (χ0v) is 23.1. The molecule has 2 aromatic heterocycles. The number of nitrogens with zero attached hydrogens (tertiary/aromatic N) is 5. The van der Waals surface area contributed by atoms with E-state index in [9.17, 15) is 13.2 Å². The van der Waals surface area contributed by atoms with Crippen molar-refractivity contribution in [2.45, 2.75) is 77.0 Å². The molecule has 2 atom stereocenters. The maximum atomic E-state index is 13.5. The molecule has 1 aliphatic heterocycles. The molecule has 3 aromatic rings. The highest BCUT2D eigenvalue weighted by Crippen LogP contribution is 2.33. The second kappa shape index (κ2) is 12.0. The number of hydrogen-bond donors (Lipinski definition) is 0. The summed E-state index contributed by atoms with van der Waals surface area (Å²) in [5.74, 6) is -0.0647. The summed E-state index contributed by atoms with van der Waals surface area (Å²) in [6.45, 7) is 9.06. The summed E-state index contributed by atoms with van der Waals surface area (Å²) < 4.78 is 41.4. The lowest BCUT2D eigenvalue weighted by Crippen LogP contribution is -2.35. The first-order chi connectivity index (χ1) is 18.2. The van der Waals surface area contributed by atoms with Crippen LogP contribution in [0.4, 0.5) is 0 Å². The highest BCUT2D eigenvalue weighted by Gasteiger charge is 2.34. The largest absolute Gasteiger partial charge is 0.488 e. The summed E-state index contributed by atoms with van der Waals surface area (Å²) in [6.07, 6.45) is 6.01. The molecular weight excluding hydrogens is 506 g/mol. The van der Waals surface area contributed by atoms with Crippen molar-refractivity contribution in [2.75, 3.05) is 13.2 Å². The number of aryl methyl sites for hydroxylation is 3. The van der Waals surface area contributed by atoms with E-state index < -0.39 is 10.0 Å². The number of benzene rings is 1. The SMILES string of the molecule is CCOC(=O)CC(CCc1cn(CC)nn1)c1ccc(C)c(CN2C[C@@H](C)Oc3ccncc3S2(=O)=O)c1. The Morgan fingerprint density at radius 3 is 2.82 bits per heavy atom. The third-order valence-corrected chi connectivity index (χ3v) is 8.54. The van der Waals surface area contributed by atoms with Crippen LogP contribution in [0.5, 0.6) is 5.75 Å². The molecule has 3 heterocycles. The van der Waals surface area contributed by atoms with Gasteiger partial charge in [0.1, 0.15) is 16.7 Å². The molecule has 0 saturated carbocycles. The number of hydrogen-bond acceptors (Lipinski definition) is 8. The molecule has 0 aliphatic carbocycles. The van der Waals surface area contributed by atoms with Crippen LogP contribution >= 0.6 is 0 Å². The minimum absolute atomic E-state index is 0.0680. The van der Waals surface area contributed by atoms with Gasteiger partial charge in [0.25, 0.3) is 0 Å². The van der Waals surface area contributed by atoms with Crippen LogP contribution in [0, 0.1) is 6.92 Å². The van der Waals surface area contributed by atoms with E-state index in [4.69, 9.17) is 9.47 Å². The lowest BCUT2D eigenvalue weighted by Gasteiger charge is -2.23. The molecule has 1 unspecified atom stereocenters. The summed E-state index contributed by atoms with van der Waals surface area (Å²) >= 11 is 0. The van der Waals surface area contributed by atoms with Crippen molar-refractivity contribution in [3.05, 3.63) is 65.2 Å². The third-order valence-electron chi connectivity index (χ3n) is 6.72. The Kier molecular flexibility index (Phi) is 8.78. The van der Waals surface area contributed by atoms with Crippen molar-refractivity contribution in [3.8, 4) is 5.75 Å². The fourth-order valence-corrected chi connectivity index (χ4v) is 6.19. The van der Waals surface area contributed by atoms with Gasteiger partial charge in [0, 0.05) is 25.5 Å². The molecule has 4 rings (SSSR count). The Morgan fingerprint density at radius 2 is 2.08 bits per heavy atom. The van der Waals surface area contributed by atoms with Gasteiger partial charge in [0.15, 0.2) is 0 Å². The van der Waals surface area contributed by atoms with Gasteiger partial charge in [-0.25, -0.2) is 8.42 Å². The number of esters is 1. The molecule has 0 saturated heterocycles. The monoisotopic (exact) mass is 541 g/mol. The highest BCUT2D eigenvalue weighted by molar-refractivity contribution is 7.89. The lowest BCUT2D eigenvalue weighted by atomic mass is 9.88. The van der Waals surface area contributed by atoms with E-state index in [0.717, 1.165) is 28.9 Å². The van der Waals surface area contributed by atoms with Crippen LogP contribution in [-0.4, -0.2) is 57.9 Å². The molecule has 0 N–H and O–H groups in total. The van der Waals surface area contributed by atoms with Crippen LogP contribution in [0.1, 0.15) is 61.9 Å². The molecule has 0 fully saturated rings. The van der Waals surface area contributed by atoms with Gasteiger partial charge in [-0.2, -0.15) is 4.31 Å². The molecule has 1 aliphatic rings. The fourth-order valence-electron chi connectivity index (χ4n) is 4.63. The summed E-state index contributed by atoms with van der Waals surface area (Å²) in [7, 11) is -3.82. The summed E-state index contributed by atoms with van der Waals surface area (Å²) in [4.78, 5) is 16.6. The average Bonchev–Trinajstić information content (AvgIpc) is 3.32. The zero-order chi connectivity index (χ0) is 27.3. The topological polar surface area (TPSA) is 117 Å². The van der Waals surface area contributed by atoms with Crippen LogP contribution in [0.2, 0.25) is 0 Å². The van der Waals surface area contributed by atoms with E-state index in [1.807, 2.05) is 45.2 Å². The van der Waals surface area contributed by atoms with Gasteiger partial charge in [0.2, 0.25) is 10.0 Å². The number of fused-ring (bicyclic) bond motifs is 1. The molecule has 0 bridgehead atoms. The molecule has 38 heavy (non-hydrogen) atoms. The number of carbonyl (C=O) groups excluding carboxylic acids is 1. The van der Waals surface area contributed by atoms with E-state index >= 15 is 0 Å². The summed E-state index contributed by atoms with van der Waals surface area (Å²) in [5, 5.41) is 8.34. The Hall–Kier alpha value is -3.31. The van der Waals surface area contributed by atoms with Gasteiger partial charge in [0.05, 0.1) is 31.5 Å². The molecule has 10 nitrogen and oxygen atoms in total. The van der Waals surface area contributed by atoms with Gasteiger partial charge in [-0.3, -0.25) is 14.5 Å². The molecule has 204 valence electrons. The van der Waals surface area contributed by atoms with E-state index in [1.165, 1.54) is 16.7 Å². The van der Waals surface area contributed by atoms with Crippen LogP contribution in [0.3, 0.4) is 0 Å². The summed E-state index contributed by atoms with van der Waals surface area (Å²) in [6, 6.07) is 7.58. The zero-order valence-electron chi connectivity index (χ0n) is 22.3. The molecule has 0 radical (unpaired) electrons. The van der Waals surface area contributed by atoms with Crippen molar-refractivity contribution < 1.29 is 22.7 Å². The van der Waals surface area contributed by atoms with Gasteiger partial charge in [-0.05, 0) is 69.2 Å². The van der Waals surface area contributed by atoms with Gasteiger partial charge in [-0.1, -0.05) is 23.4 Å². The third kappa shape index (κ3) is 6.39. The highest BCUT2D eigenvalue weighted by atomic mass is 32.2. The van der Waals surface area contributed by atoms with Crippen molar-refractivity contribution >= 4 is 16.0 Å². The van der Waals surface area contributed by atoms with Crippen LogP contribution in [-0.2, 0) is 39.1 Å². The number of ether oxygens (including phenoxy) is 2. The molecule has 1 aromatic carbocycles. The quantitative estimate of drug-likeness (QED) is 0.357. The second-order valence-corrected chi connectivity index (χ2v) is 11.5. The minimum atomic E-state index is -3.82. The molecule has 11 heteroatoms. The van der Waals surface area contributed by atoms with Crippen molar-refractivity contribution in [2.24, 2.45) is 0 Å². The molecular formula is C27H35N5O5S.